The average molecular weight is 123 g/mol. The highest BCUT2D eigenvalue weighted by molar-refractivity contribution is 4.95. The number of hydrogen-bond donors (Lipinski definition) is 0. The number of likely N-dealkylation sites (tertiary alicyclic amines) is 1. The fraction of sp³-hybridized carbons (Fsp3) is 0.750. The summed E-state index contributed by atoms with van der Waals surface area (Å²) in [6, 6.07) is 0. The minimum atomic E-state index is 0.517. The maximum absolute atomic E-state index is 5.29. The second kappa shape index (κ2) is 2.89. The smallest absolute Gasteiger partial charge is 0.0327 e. The van der Waals surface area contributed by atoms with Crippen LogP contribution in [0, 0.1) is 18.3 Å². The standard InChI is InChI=1S/C8H13N/c1-3-8-5-4-6-9(2)7-8/h1,8H,4-7H2,2H3. The monoisotopic (exact) mass is 123 g/mol. The Morgan fingerprint density at radius 2 is 2.44 bits per heavy atom. The fourth-order valence-electron chi connectivity index (χ4n) is 1.30. The minimum absolute atomic E-state index is 0.517. The summed E-state index contributed by atoms with van der Waals surface area (Å²) in [5.41, 5.74) is 0. The van der Waals surface area contributed by atoms with Gasteiger partial charge in [-0.2, -0.15) is 0 Å². The van der Waals surface area contributed by atoms with Crippen LogP contribution in [0.3, 0.4) is 0 Å². The Morgan fingerprint density at radius 1 is 1.67 bits per heavy atom. The highest BCUT2D eigenvalue weighted by Gasteiger charge is 2.13. The summed E-state index contributed by atoms with van der Waals surface area (Å²) >= 11 is 0. The summed E-state index contributed by atoms with van der Waals surface area (Å²) in [4.78, 5) is 2.30. The van der Waals surface area contributed by atoms with E-state index in [1.807, 2.05) is 0 Å². The predicted octanol–water partition coefficient (Wildman–Crippen LogP) is 0.961. The molecule has 0 spiro atoms. The maximum Gasteiger partial charge on any atom is 0.0327 e. The lowest BCUT2D eigenvalue weighted by Gasteiger charge is -2.25. The molecule has 50 valence electrons. The Labute approximate surface area is 57.0 Å². The molecular formula is C8H13N. The molecule has 0 aromatic carbocycles. The fourth-order valence-corrected chi connectivity index (χ4v) is 1.30. The van der Waals surface area contributed by atoms with Crippen LogP contribution in [0.25, 0.3) is 0 Å². The van der Waals surface area contributed by atoms with Crippen molar-refractivity contribution in [2.75, 3.05) is 20.1 Å². The molecule has 1 nitrogen and oxygen atoms in total. The van der Waals surface area contributed by atoms with E-state index in [-0.39, 0.29) is 0 Å². The van der Waals surface area contributed by atoms with Gasteiger partial charge in [0, 0.05) is 12.5 Å². The molecule has 0 amide bonds. The van der Waals surface area contributed by atoms with E-state index in [1.165, 1.54) is 19.4 Å². The molecule has 0 saturated carbocycles. The topological polar surface area (TPSA) is 3.24 Å². The summed E-state index contributed by atoms with van der Waals surface area (Å²) in [6.07, 6.45) is 7.78. The first kappa shape index (κ1) is 6.64. The van der Waals surface area contributed by atoms with E-state index in [9.17, 15) is 0 Å². The highest BCUT2D eigenvalue weighted by Crippen LogP contribution is 2.12. The molecule has 0 bridgehead atoms. The minimum Gasteiger partial charge on any atom is -0.305 e. The summed E-state index contributed by atoms with van der Waals surface area (Å²) in [5.74, 6) is 3.31. The van der Waals surface area contributed by atoms with Gasteiger partial charge in [-0.15, -0.1) is 12.3 Å². The first-order valence-corrected chi connectivity index (χ1v) is 3.47. The van der Waals surface area contributed by atoms with Crippen molar-refractivity contribution in [3.8, 4) is 12.3 Å². The van der Waals surface area contributed by atoms with Gasteiger partial charge in [0.1, 0.15) is 0 Å². The molecule has 1 atom stereocenters. The van der Waals surface area contributed by atoms with Gasteiger partial charge in [-0.1, -0.05) is 0 Å². The quantitative estimate of drug-likeness (QED) is 0.434. The van der Waals surface area contributed by atoms with Crippen molar-refractivity contribution in [2.45, 2.75) is 12.8 Å². The Bertz CT molecular complexity index is 123. The second-order valence-corrected chi connectivity index (χ2v) is 2.77. The summed E-state index contributed by atoms with van der Waals surface area (Å²) in [7, 11) is 2.13. The van der Waals surface area contributed by atoms with Crippen LogP contribution < -0.4 is 0 Å². The molecule has 1 fully saturated rings. The van der Waals surface area contributed by atoms with E-state index in [0.29, 0.717) is 5.92 Å². The Balaban J connectivity index is 2.34. The molecule has 1 saturated heterocycles. The Kier molecular flexibility index (Phi) is 2.13. The molecule has 1 aliphatic rings. The van der Waals surface area contributed by atoms with Gasteiger partial charge in [-0.25, -0.2) is 0 Å². The zero-order chi connectivity index (χ0) is 6.69. The van der Waals surface area contributed by atoms with Crippen LogP contribution in [0.5, 0.6) is 0 Å². The van der Waals surface area contributed by atoms with Crippen molar-refractivity contribution < 1.29 is 0 Å². The van der Waals surface area contributed by atoms with Crippen molar-refractivity contribution in [1.29, 1.82) is 0 Å². The van der Waals surface area contributed by atoms with E-state index >= 15 is 0 Å². The van der Waals surface area contributed by atoms with Crippen molar-refractivity contribution in [3.05, 3.63) is 0 Å². The van der Waals surface area contributed by atoms with Crippen molar-refractivity contribution in [3.63, 3.8) is 0 Å². The van der Waals surface area contributed by atoms with Gasteiger partial charge in [-0.3, -0.25) is 0 Å². The van der Waals surface area contributed by atoms with E-state index in [4.69, 9.17) is 6.42 Å². The third-order valence-electron chi connectivity index (χ3n) is 1.86. The van der Waals surface area contributed by atoms with Gasteiger partial charge >= 0.3 is 0 Å². The zero-order valence-electron chi connectivity index (χ0n) is 5.93. The third kappa shape index (κ3) is 1.73. The Hall–Kier alpha value is -0.480. The van der Waals surface area contributed by atoms with E-state index in [2.05, 4.69) is 17.9 Å². The van der Waals surface area contributed by atoms with Crippen LogP contribution in [-0.2, 0) is 0 Å². The molecule has 1 rings (SSSR count). The zero-order valence-corrected chi connectivity index (χ0v) is 5.93. The normalized spacial score (nSPS) is 29.6. The van der Waals surface area contributed by atoms with Crippen LogP contribution in [-0.4, -0.2) is 25.0 Å². The predicted molar refractivity (Wildman–Crippen MR) is 39.1 cm³/mol. The van der Waals surface area contributed by atoms with Crippen LogP contribution in [0.4, 0.5) is 0 Å². The van der Waals surface area contributed by atoms with Gasteiger partial charge in [0.25, 0.3) is 0 Å². The molecule has 0 aromatic rings. The molecule has 0 aliphatic carbocycles. The second-order valence-electron chi connectivity index (χ2n) is 2.77. The largest absolute Gasteiger partial charge is 0.305 e. The van der Waals surface area contributed by atoms with Gasteiger partial charge in [0.05, 0.1) is 0 Å². The first-order chi connectivity index (χ1) is 4.33. The first-order valence-electron chi connectivity index (χ1n) is 3.47. The molecular weight excluding hydrogens is 110 g/mol. The van der Waals surface area contributed by atoms with E-state index < -0.39 is 0 Å². The molecule has 0 N–H and O–H groups in total. The molecule has 9 heavy (non-hydrogen) atoms. The SMILES string of the molecule is C#CC1CCCN(C)C1. The van der Waals surface area contributed by atoms with E-state index in [1.54, 1.807) is 0 Å². The number of terminal acetylenes is 1. The van der Waals surface area contributed by atoms with Crippen molar-refractivity contribution >= 4 is 0 Å². The molecule has 0 radical (unpaired) electrons. The number of nitrogens with zero attached hydrogens (tertiary/aromatic N) is 1. The molecule has 1 unspecified atom stereocenters. The highest BCUT2D eigenvalue weighted by atomic mass is 15.1. The van der Waals surface area contributed by atoms with Crippen LogP contribution in [0.15, 0.2) is 0 Å². The van der Waals surface area contributed by atoms with Crippen LogP contribution in [0.1, 0.15) is 12.8 Å². The summed E-state index contributed by atoms with van der Waals surface area (Å²) in [6.45, 7) is 2.31. The summed E-state index contributed by atoms with van der Waals surface area (Å²) < 4.78 is 0. The lowest BCUT2D eigenvalue weighted by molar-refractivity contribution is 0.242. The average Bonchev–Trinajstić information content (AvgIpc) is 1.88. The van der Waals surface area contributed by atoms with Crippen LogP contribution >= 0.6 is 0 Å². The maximum atomic E-state index is 5.29. The number of hydrogen-bond acceptors (Lipinski definition) is 1. The number of piperidine rings is 1. The Morgan fingerprint density at radius 3 is 2.89 bits per heavy atom. The summed E-state index contributed by atoms with van der Waals surface area (Å²) in [5, 5.41) is 0. The van der Waals surface area contributed by atoms with Crippen molar-refractivity contribution in [1.82, 2.24) is 4.90 Å². The molecule has 0 aromatic heterocycles. The van der Waals surface area contributed by atoms with Gasteiger partial charge in [-0.05, 0) is 26.4 Å². The van der Waals surface area contributed by atoms with Gasteiger partial charge in [0.15, 0.2) is 0 Å². The molecule has 1 aliphatic heterocycles. The van der Waals surface area contributed by atoms with Crippen molar-refractivity contribution in [2.24, 2.45) is 5.92 Å². The number of rotatable bonds is 0. The van der Waals surface area contributed by atoms with Gasteiger partial charge in [0.2, 0.25) is 0 Å². The van der Waals surface area contributed by atoms with E-state index in [0.717, 1.165) is 6.54 Å². The molecule has 1 heterocycles. The van der Waals surface area contributed by atoms with Gasteiger partial charge < -0.3 is 4.90 Å². The molecule has 1 heteroatoms. The lowest BCUT2D eigenvalue weighted by atomic mass is 10.00. The van der Waals surface area contributed by atoms with Crippen LogP contribution in [0.2, 0.25) is 0 Å². The third-order valence-corrected chi connectivity index (χ3v) is 1.86. The lowest BCUT2D eigenvalue weighted by Crippen LogP contribution is -2.31.